The van der Waals surface area contributed by atoms with E-state index < -0.39 is 0 Å². The first-order chi connectivity index (χ1) is 9.27. The quantitative estimate of drug-likeness (QED) is 0.846. The number of nitrogen functional groups attached to an aromatic ring is 1. The molecule has 1 aromatic heterocycles. The molecule has 0 atom stereocenters. The second-order valence-corrected chi connectivity index (χ2v) is 6.51. The van der Waals surface area contributed by atoms with E-state index in [1.807, 2.05) is 0 Å². The number of amides is 1. The summed E-state index contributed by atoms with van der Waals surface area (Å²) < 4.78 is 1.56. The molecule has 1 amide bonds. The average molecular weight is 279 g/mol. The van der Waals surface area contributed by atoms with Gasteiger partial charge in [-0.25, -0.2) is 0 Å². The maximum absolute atomic E-state index is 12.1. The van der Waals surface area contributed by atoms with Crippen LogP contribution in [0.15, 0.2) is 6.20 Å². The second-order valence-electron chi connectivity index (χ2n) is 6.51. The minimum absolute atomic E-state index is 0.169. The van der Waals surface area contributed by atoms with Crippen LogP contribution in [0.4, 0.5) is 5.69 Å². The van der Waals surface area contributed by atoms with E-state index in [1.54, 1.807) is 17.9 Å². The summed E-state index contributed by atoms with van der Waals surface area (Å²) in [5.41, 5.74) is 6.72. The molecule has 3 N–H and O–H groups in total. The van der Waals surface area contributed by atoms with Crippen LogP contribution in [0.5, 0.6) is 0 Å². The zero-order chi connectivity index (χ0) is 14.9. The van der Waals surface area contributed by atoms with Gasteiger partial charge in [0.2, 0.25) is 0 Å². The number of nitrogens with one attached hydrogen (secondary N) is 1. The predicted molar refractivity (Wildman–Crippen MR) is 79.4 cm³/mol. The molecule has 20 heavy (non-hydrogen) atoms. The van der Waals surface area contributed by atoms with Crippen molar-refractivity contribution in [3.8, 4) is 0 Å². The normalized spacial score (nSPS) is 18.2. The summed E-state index contributed by atoms with van der Waals surface area (Å²) in [6.45, 7) is 8.68. The third kappa shape index (κ3) is 3.30. The monoisotopic (exact) mass is 279 g/mol. The fraction of sp³-hybridized carbons (Fsp3) is 0.714. The average Bonchev–Trinajstić information content (AvgIpc) is 2.68. The number of hydrogen-bond donors (Lipinski definition) is 2. The van der Waals surface area contributed by atoms with Crippen LogP contribution in [0.3, 0.4) is 0 Å². The number of hydrogen-bond acceptors (Lipinski definition) is 4. The Kier molecular flexibility index (Phi) is 4.04. The first-order valence-corrected chi connectivity index (χ1v) is 7.12. The van der Waals surface area contributed by atoms with E-state index in [-0.39, 0.29) is 17.5 Å². The third-order valence-corrected chi connectivity index (χ3v) is 3.85. The number of carbonyl (C=O) groups is 1. The van der Waals surface area contributed by atoms with Gasteiger partial charge in [0.25, 0.3) is 5.91 Å². The molecule has 0 unspecified atom stereocenters. The molecule has 112 valence electrons. The van der Waals surface area contributed by atoms with Crippen molar-refractivity contribution in [1.29, 1.82) is 0 Å². The molecule has 6 nitrogen and oxygen atoms in total. The minimum Gasteiger partial charge on any atom is -0.396 e. The number of aryl methyl sites for hydroxylation is 1. The van der Waals surface area contributed by atoms with Gasteiger partial charge in [0.05, 0.1) is 5.69 Å². The van der Waals surface area contributed by atoms with Gasteiger partial charge in [-0.1, -0.05) is 0 Å². The lowest BCUT2D eigenvalue weighted by molar-refractivity contribution is 0.0809. The molecule has 2 heterocycles. The summed E-state index contributed by atoms with van der Waals surface area (Å²) in [5.74, 6) is -0.169. The van der Waals surface area contributed by atoms with E-state index in [2.05, 4.69) is 36.1 Å². The van der Waals surface area contributed by atoms with Crippen LogP contribution in [-0.4, -0.2) is 45.3 Å². The lowest BCUT2D eigenvalue weighted by Gasteiger charge is -2.40. The number of carbonyl (C=O) groups excluding carboxylic acids is 1. The molecule has 0 radical (unpaired) electrons. The fourth-order valence-electron chi connectivity index (χ4n) is 2.63. The highest BCUT2D eigenvalue weighted by molar-refractivity contribution is 5.97. The molecule has 1 fully saturated rings. The molecule has 0 spiro atoms. The van der Waals surface area contributed by atoms with Gasteiger partial charge < -0.3 is 11.1 Å². The molecule has 1 aliphatic heterocycles. The minimum atomic E-state index is -0.169. The van der Waals surface area contributed by atoms with Gasteiger partial charge in [-0.15, -0.1) is 0 Å². The van der Waals surface area contributed by atoms with Crippen LogP contribution in [-0.2, 0) is 7.05 Å². The number of rotatable bonds is 2. The summed E-state index contributed by atoms with van der Waals surface area (Å²) in [5, 5.41) is 7.14. The Hall–Kier alpha value is -1.56. The van der Waals surface area contributed by atoms with Crippen LogP contribution < -0.4 is 11.1 Å². The van der Waals surface area contributed by atoms with Crippen LogP contribution in [0, 0.1) is 0 Å². The highest BCUT2D eigenvalue weighted by Crippen LogP contribution is 2.20. The number of nitrogens with two attached hydrogens (primary N) is 1. The van der Waals surface area contributed by atoms with E-state index in [9.17, 15) is 4.79 Å². The van der Waals surface area contributed by atoms with Crippen LogP contribution in [0.25, 0.3) is 0 Å². The summed E-state index contributed by atoms with van der Waals surface area (Å²) >= 11 is 0. The first kappa shape index (κ1) is 14.8. The Bertz CT molecular complexity index is 480. The van der Waals surface area contributed by atoms with Crippen molar-refractivity contribution >= 4 is 11.6 Å². The molecule has 1 aliphatic rings. The van der Waals surface area contributed by atoms with Crippen molar-refractivity contribution in [2.75, 3.05) is 18.8 Å². The molecule has 0 aromatic carbocycles. The van der Waals surface area contributed by atoms with Crippen LogP contribution in [0.1, 0.15) is 44.1 Å². The predicted octanol–water partition coefficient (Wildman–Crippen LogP) is 0.995. The third-order valence-electron chi connectivity index (χ3n) is 3.85. The number of likely N-dealkylation sites (tertiary alicyclic amines) is 1. The Morgan fingerprint density at radius 1 is 1.40 bits per heavy atom. The highest BCUT2D eigenvalue weighted by atomic mass is 16.2. The van der Waals surface area contributed by atoms with Gasteiger partial charge in [0.15, 0.2) is 5.69 Å². The number of nitrogens with zero attached hydrogens (tertiary/aromatic N) is 3. The maximum Gasteiger partial charge on any atom is 0.274 e. The van der Waals surface area contributed by atoms with Crippen molar-refractivity contribution in [2.45, 2.75) is 45.2 Å². The summed E-state index contributed by atoms with van der Waals surface area (Å²) in [6.07, 6.45) is 3.59. The number of piperidine rings is 1. The SMILES string of the molecule is Cn1cc(N)c(C(=O)NC2CCN(C(C)(C)C)CC2)n1. The Morgan fingerprint density at radius 2 is 2.00 bits per heavy atom. The van der Waals surface area contributed by atoms with Crippen molar-refractivity contribution in [3.05, 3.63) is 11.9 Å². The standard InChI is InChI=1S/C14H25N5O/c1-14(2,3)19-7-5-10(6-8-19)16-13(20)12-11(15)9-18(4)17-12/h9-10H,5-8,15H2,1-4H3,(H,16,20). The molecular formula is C14H25N5O. The molecule has 6 heteroatoms. The van der Waals surface area contributed by atoms with Gasteiger partial charge in [0.1, 0.15) is 0 Å². The smallest absolute Gasteiger partial charge is 0.274 e. The van der Waals surface area contributed by atoms with Gasteiger partial charge in [0, 0.05) is 37.9 Å². The van der Waals surface area contributed by atoms with Crippen molar-refractivity contribution in [2.24, 2.45) is 7.05 Å². The molecule has 0 saturated carbocycles. The van der Waals surface area contributed by atoms with Gasteiger partial charge in [-0.05, 0) is 33.6 Å². The van der Waals surface area contributed by atoms with E-state index >= 15 is 0 Å². The van der Waals surface area contributed by atoms with E-state index in [4.69, 9.17) is 5.73 Å². The highest BCUT2D eigenvalue weighted by Gasteiger charge is 2.28. The molecule has 0 aliphatic carbocycles. The lowest BCUT2D eigenvalue weighted by Crippen LogP contribution is -2.50. The summed E-state index contributed by atoms with van der Waals surface area (Å²) in [7, 11) is 1.76. The Balaban J connectivity index is 1.90. The van der Waals surface area contributed by atoms with Gasteiger partial charge in [-0.2, -0.15) is 5.10 Å². The number of aromatic nitrogens is 2. The molecular weight excluding hydrogens is 254 g/mol. The molecule has 2 rings (SSSR count). The zero-order valence-corrected chi connectivity index (χ0v) is 12.8. The largest absolute Gasteiger partial charge is 0.396 e. The zero-order valence-electron chi connectivity index (χ0n) is 12.8. The fourth-order valence-corrected chi connectivity index (χ4v) is 2.63. The van der Waals surface area contributed by atoms with Crippen molar-refractivity contribution in [3.63, 3.8) is 0 Å². The van der Waals surface area contributed by atoms with E-state index in [1.165, 1.54) is 0 Å². The lowest BCUT2D eigenvalue weighted by atomic mass is 9.98. The van der Waals surface area contributed by atoms with E-state index in [0.717, 1.165) is 25.9 Å². The summed E-state index contributed by atoms with van der Waals surface area (Å²) in [4.78, 5) is 14.6. The van der Waals surface area contributed by atoms with Crippen molar-refractivity contribution in [1.82, 2.24) is 20.0 Å². The van der Waals surface area contributed by atoms with E-state index in [0.29, 0.717) is 11.4 Å². The Labute approximate surface area is 120 Å². The topological polar surface area (TPSA) is 76.2 Å². The molecule has 1 saturated heterocycles. The van der Waals surface area contributed by atoms with Crippen LogP contribution in [0.2, 0.25) is 0 Å². The number of anilines is 1. The molecule has 1 aromatic rings. The van der Waals surface area contributed by atoms with Crippen molar-refractivity contribution < 1.29 is 4.79 Å². The Morgan fingerprint density at radius 3 is 2.45 bits per heavy atom. The van der Waals surface area contributed by atoms with Gasteiger partial charge >= 0.3 is 0 Å². The van der Waals surface area contributed by atoms with Gasteiger partial charge in [-0.3, -0.25) is 14.4 Å². The summed E-state index contributed by atoms with van der Waals surface area (Å²) in [6, 6.07) is 0.211. The first-order valence-electron chi connectivity index (χ1n) is 7.12. The molecule has 0 bridgehead atoms. The van der Waals surface area contributed by atoms with Crippen LogP contribution >= 0.6 is 0 Å². The maximum atomic E-state index is 12.1. The second kappa shape index (κ2) is 5.44.